The summed E-state index contributed by atoms with van der Waals surface area (Å²) in [4.78, 5) is 67.2. The van der Waals surface area contributed by atoms with E-state index in [9.17, 15) is 24.3 Å². The molecule has 348 valence electrons. The van der Waals surface area contributed by atoms with Gasteiger partial charge in [-0.05, 0) is 100 Å². The molecule has 4 aromatic carbocycles. The lowest BCUT2D eigenvalue weighted by molar-refractivity contribution is -0.147. The molecule has 13 nitrogen and oxygen atoms in total. The van der Waals surface area contributed by atoms with Crippen molar-refractivity contribution in [1.82, 2.24) is 34.9 Å². The summed E-state index contributed by atoms with van der Waals surface area (Å²) < 4.78 is 40.1. The molecule has 0 radical (unpaired) electrons. The first-order chi connectivity index (χ1) is 31.5. The van der Waals surface area contributed by atoms with Crippen molar-refractivity contribution < 1.29 is 37.8 Å². The van der Waals surface area contributed by atoms with Crippen LogP contribution < -0.4 is 15.4 Å². The summed E-state index contributed by atoms with van der Waals surface area (Å²) >= 11 is 12.5. The van der Waals surface area contributed by atoms with E-state index >= 15 is 8.78 Å². The molecule has 0 spiro atoms. The Morgan fingerprint density at radius 1 is 0.909 bits per heavy atom. The highest BCUT2D eigenvalue weighted by atomic mass is 35.5. The number of ether oxygens (including phenoxy) is 1. The van der Waals surface area contributed by atoms with Gasteiger partial charge in [-0.2, -0.15) is 0 Å². The van der Waals surface area contributed by atoms with Crippen LogP contribution in [-0.4, -0.2) is 104 Å². The number of hydrogen-bond acceptors (Lipinski definition) is 8. The van der Waals surface area contributed by atoms with Crippen LogP contribution in [0.4, 0.5) is 8.78 Å². The van der Waals surface area contributed by atoms with E-state index in [1.54, 1.807) is 29.3 Å². The molecule has 3 heterocycles. The highest BCUT2D eigenvalue weighted by Gasteiger charge is 2.43. The third-order valence-corrected chi connectivity index (χ3v) is 12.7. The number of piperidine rings is 1. The lowest BCUT2D eigenvalue weighted by atomic mass is 9.81. The summed E-state index contributed by atoms with van der Waals surface area (Å²) in [5.41, 5.74) is 1.56. The molecule has 2 aliphatic heterocycles. The van der Waals surface area contributed by atoms with Crippen molar-refractivity contribution >= 4 is 46.8 Å². The van der Waals surface area contributed by atoms with Gasteiger partial charge in [0.1, 0.15) is 29.5 Å². The Balaban J connectivity index is 1.24. The van der Waals surface area contributed by atoms with Gasteiger partial charge in [0.2, 0.25) is 23.6 Å². The standard InChI is InChI=1S/C49H53Cl2F2N7O6/c1-30-46(63)55-40(28-61)47(64)56-49(24-32-11-14-35(50)15-12-32)17-8-18-59(29-49)48(65)34(19-31-9-6-5-7-10-31)21-45(62)60(30)26-37-38(52)22-36(51)23-43(37)66-42-16-13-33(20-39(42)53)41-25-54-44(58(41)4)27-57(2)3/h5-7,9-16,20,22-23,25,30,34,40,61H,8,17-19,21,24,26-29H2,1-4H3,(H,55,63)(H,56,64)/t30-,34+,40-,49+/m0/s1. The Morgan fingerprint density at radius 2 is 1.65 bits per heavy atom. The number of aliphatic hydroxyl groups excluding tert-OH is 1. The molecule has 66 heavy (non-hydrogen) atoms. The number of fused-ring (bicyclic) bond motifs is 2. The van der Waals surface area contributed by atoms with Crippen LogP contribution in [0.15, 0.2) is 91.1 Å². The normalized spacial score (nSPS) is 20.8. The third-order valence-electron chi connectivity index (χ3n) is 12.2. The lowest BCUT2D eigenvalue weighted by Crippen LogP contribution is -2.65. The van der Waals surface area contributed by atoms with Gasteiger partial charge in [0.15, 0.2) is 11.6 Å². The first-order valence-corrected chi connectivity index (χ1v) is 22.5. The van der Waals surface area contributed by atoms with E-state index in [1.165, 1.54) is 25.1 Å². The SMILES string of the molecule is C[C@H]1C(=O)N[C@@H](CO)C(=O)N[C@@]2(Cc3ccc(Cl)cc3)CCCN(C2)C(=O)[C@H](Cc2ccccc2)CC(=O)N1Cc1c(F)cc(Cl)cc1Oc1ccc(-c2cnc(CN(C)C)n2C)cc1F. The number of aliphatic hydroxyl groups is 1. The Morgan fingerprint density at radius 3 is 2.35 bits per heavy atom. The second-order valence-electron chi connectivity index (χ2n) is 17.4. The Hall–Kier alpha value is -5.87. The molecular weight excluding hydrogens is 891 g/mol. The highest BCUT2D eigenvalue weighted by molar-refractivity contribution is 6.31. The summed E-state index contributed by atoms with van der Waals surface area (Å²) in [6.07, 6.45) is 2.72. The van der Waals surface area contributed by atoms with Gasteiger partial charge in [0.05, 0.1) is 43.0 Å². The van der Waals surface area contributed by atoms with Crippen LogP contribution in [0, 0.1) is 17.6 Å². The Labute approximate surface area is 392 Å². The van der Waals surface area contributed by atoms with Gasteiger partial charge in [0, 0.05) is 47.7 Å². The van der Waals surface area contributed by atoms with Crippen LogP contribution in [0.2, 0.25) is 10.0 Å². The molecule has 3 N–H and O–H groups in total. The molecule has 4 amide bonds. The fourth-order valence-corrected chi connectivity index (χ4v) is 9.08. The van der Waals surface area contributed by atoms with E-state index < -0.39 is 66.0 Å². The van der Waals surface area contributed by atoms with E-state index in [0.717, 1.165) is 27.9 Å². The number of hydrogen-bond donors (Lipinski definition) is 3. The molecule has 0 saturated carbocycles. The third kappa shape index (κ3) is 11.2. The predicted octanol–water partition coefficient (Wildman–Crippen LogP) is 6.70. The first-order valence-electron chi connectivity index (χ1n) is 21.7. The molecule has 7 rings (SSSR count). The zero-order valence-electron chi connectivity index (χ0n) is 37.2. The minimum Gasteiger partial charge on any atom is -0.454 e. The topological polar surface area (TPSA) is 149 Å². The van der Waals surface area contributed by atoms with E-state index in [1.807, 2.05) is 73.1 Å². The maximum absolute atomic E-state index is 16.3. The fraction of sp³-hybridized carbons (Fsp3) is 0.367. The van der Waals surface area contributed by atoms with Crippen molar-refractivity contribution in [2.45, 2.75) is 69.7 Å². The number of nitrogens with zero attached hydrogens (tertiary/aromatic N) is 5. The lowest BCUT2D eigenvalue weighted by Gasteiger charge is -2.45. The quantitative estimate of drug-likeness (QED) is 0.125. The molecule has 5 aromatic rings. The maximum atomic E-state index is 16.3. The molecule has 4 atom stereocenters. The first kappa shape index (κ1) is 48.1. The molecule has 2 bridgehead atoms. The van der Waals surface area contributed by atoms with E-state index in [-0.39, 0.29) is 47.4 Å². The van der Waals surface area contributed by atoms with E-state index in [4.69, 9.17) is 27.9 Å². The van der Waals surface area contributed by atoms with Crippen LogP contribution >= 0.6 is 23.2 Å². The minimum atomic E-state index is -1.46. The number of imidazole rings is 1. The molecule has 17 heteroatoms. The van der Waals surface area contributed by atoms with Crippen molar-refractivity contribution in [3.8, 4) is 22.8 Å². The average Bonchev–Trinajstić information content (AvgIpc) is 3.64. The van der Waals surface area contributed by atoms with Crippen LogP contribution in [0.5, 0.6) is 11.5 Å². The van der Waals surface area contributed by atoms with Gasteiger partial charge >= 0.3 is 0 Å². The van der Waals surface area contributed by atoms with Crippen molar-refractivity contribution in [1.29, 1.82) is 0 Å². The maximum Gasteiger partial charge on any atom is 0.245 e. The van der Waals surface area contributed by atoms with Crippen LogP contribution in [-0.2, 0) is 52.2 Å². The molecule has 1 aromatic heterocycles. The van der Waals surface area contributed by atoms with Crippen LogP contribution in [0.3, 0.4) is 0 Å². The predicted molar refractivity (Wildman–Crippen MR) is 247 cm³/mol. The zero-order valence-corrected chi connectivity index (χ0v) is 38.7. The summed E-state index contributed by atoms with van der Waals surface area (Å²) in [7, 11) is 5.66. The molecular formula is C49H53Cl2F2N7O6. The summed E-state index contributed by atoms with van der Waals surface area (Å²) in [6.45, 7) is 1.02. The van der Waals surface area contributed by atoms with Crippen molar-refractivity contribution in [3.05, 3.63) is 135 Å². The van der Waals surface area contributed by atoms with Gasteiger partial charge in [-0.25, -0.2) is 13.8 Å². The Bertz CT molecular complexity index is 2580. The highest BCUT2D eigenvalue weighted by Crippen LogP contribution is 2.36. The van der Waals surface area contributed by atoms with Gasteiger partial charge < -0.3 is 39.7 Å². The van der Waals surface area contributed by atoms with Crippen molar-refractivity contribution in [2.75, 3.05) is 33.8 Å². The number of aromatic nitrogens is 2. The number of halogens is 4. The van der Waals surface area contributed by atoms with E-state index in [0.29, 0.717) is 48.6 Å². The van der Waals surface area contributed by atoms with Gasteiger partial charge in [-0.15, -0.1) is 0 Å². The smallest absolute Gasteiger partial charge is 0.245 e. The van der Waals surface area contributed by atoms with Gasteiger partial charge in [-0.1, -0.05) is 65.7 Å². The number of amides is 4. The molecule has 0 aliphatic carbocycles. The van der Waals surface area contributed by atoms with Crippen molar-refractivity contribution in [3.63, 3.8) is 0 Å². The average molecular weight is 945 g/mol. The van der Waals surface area contributed by atoms with Gasteiger partial charge in [-0.3, -0.25) is 19.2 Å². The largest absolute Gasteiger partial charge is 0.454 e. The second kappa shape index (κ2) is 20.7. The monoisotopic (exact) mass is 943 g/mol. The number of rotatable bonds is 12. The number of carbonyl (C=O) groups is 4. The number of carbonyl (C=O) groups excluding carboxylic acids is 4. The zero-order chi connectivity index (χ0) is 47.3. The molecule has 0 unspecified atom stereocenters. The summed E-state index contributed by atoms with van der Waals surface area (Å²) in [5.74, 6) is -4.90. The summed E-state index contributed by atoms with van der Waals surface area (Å²) in [5, 5.41) is 16.7. The molecule has 2 aliphatic rings. The van der Waals surface area contributed by atoms with E-state index in [2.05, 4.69) is 15.6 Å². The summed E-state index contributed by atoms with van der Waals surface area (Å²) in [6, 6.07) is 20.1. The fourth-order valence-electron chi connectivity index (χ4n) is 8.75. The minimum absolute atomic E-state index is 0.0799. The Kier molecular flexibility index (Phi) is 15.1. The number of benzene rings is 4. The molecule has 2 fully saturated rings. The van der Waals surface area contributed by atoms with Gasteiger partial charge in [0.25, 0.3) is 0 Å². The van der Waals surface area contributed by atoms with Crippen LogP contribution in [0.1, 0.15) is 48.7 Å². The van der Waals surface area contributed by atoms with Crippen molar-refractivity contribution in [2.24, 2.45) is 13.0 Å². The second-order valence-corrected chi connectivity index (χ2v) is 18.3. The molecule has 2 saturated heterocycles. The number of nitrogens with one attached hydrogen (secondary N) is 2. The van der Waals surface area contributed by atoms with Crippen LogP contribution in [0.25, 0.3) is 11.3 Å².